The van der Waals surface area contributed by atoms with Gasteiger partial charge in [0.05, 0.1) is 6.61 Å². The number of aliphatic hydroxyl groups excluding tert-OH is 1. The smallest absolute Gasteiger partial charge is 0.106 e. The Labute approximate surface area is 93.1 Å². The molecule has 0 aliphatic carbocycles. The third-order valence-corrected chi connectivity index (χ3v) is 2.42. The van der Waals surface area contributed by atoms with Crippen molar-refractivity contribution in [2.24, 2.45) is 0 Å². The summed E-state index contributed by atoms with van der Waals surface area (Å²) in [6, 6.07) is 0. The molecule has 1 unspecified atom stereocenters. The molecule has 0 rings (SSSR count). The minimum absolute atomic E-state index is 0.0137. The van der Waals surface area contributed by atoms with Crippen LogP contribution in [0.25, 0.3) is 0 Å². The first-order chi connectivity index (χ1) is 7.18. The number of aliphatic hydroxyl groups is 1. The van der Waals surface area contributed by atoms with E-state index in [1.165, 1.54) is 6.42 Å². The maximum atomic E-state index is 9.05. The molecule has 3 heteroatoms. The molecule has 0 aliphatic heterocycles. The van der Waals surface area contributed by atoms with E-state index in [2.05, 4.69) is 6.58 Å². The lowest BCUT2D eigenvalue weighted by atomic mass is 10.1. The lowest BCUT2D eigenvalue weighted by molar-refractivity contribution is -0.0335. The van der Waals surface area contributed by atoms with Gasteiger partial charge in [0.1, 0.15) is 5.60 Å². The molecule has 0 amide bonds. The Balaban J connectivity index is 3.33. The third kappa shape index (κ3) is 7.54. The molecule has 0 aromatic rings. The Morgan fingerprint density at radius 2 is 1.80 bits per heavy atom. The van der Waals surface area contributed by atoms with Gasteiger partial charge in [0.25, 0.3) is 0 Å². The van der Waals surface area contributed by atoms with Gasteiger partial charge in [0, 0.05) is 20.3 Å². The number of hydrogen-bond acceptors (Lipinski definition) is 3. The van der Waals surface area contributed by atoms with Crippen molar-refractivity contribution in [1.82, 2.24) is 0 Å². The summed E-state index contributed by atoms with van der Waals surface area (Å²) in [4.78, 5) is 0. The second kappa shape index (κ2) is 8.89. The van der Waals surface area contributed by atoms with Gasteiger partial charge in [0.2, 0.25) is 0 Å². The second-order valence-corrected chi connectivity index (χ2v) is 3.93. The number of rotatable bonds is 10. The SMILES string of the molecule is C=CC(C)(CO)OCCCCCCOC. The van der Waals surface area contributed by atoms with E-state index in [4.69, 9.17) is 14.6 Å². The largest absolute Gasteiger partial charge is 0.393 e. The summed E-state index contributed by atoms with van der Waals surface area (Å²) in [6.07, 6.45) is 6.09. The Kier molecular flexibility index (Phi) is 8.67. The van der Waals surface area contributed by atoms with Gasteiger partial charge in [-0.3, -0.25) is 0 Å². The van der Waals surface area contributed by atoms with Gasteiger partial charge in [-0.1, -0.05) is 18.9 Å². The molecule has 90 valence electrons. The van der Waals surface area contributed by atoms with Crippen LogP contribution in [0.2, 0.25) is 0 Å². The molecule has 1 atom stereocenters. The first-order valence-electron chi connectivity index (χ1n) is 5.56. The first-order valence-corrected chi connectivity index (χ1v) is 5.56. The predicted octanol–water partition coefficient (Wildman–Crippen LogP) is 2.15. The Morgan fingerprint density at radius 3 is 2.27 bits per heavy atom. The van der Waals surface area contributed by atoms with E-state index in [1.807, 2.05) is 6.92 Å². The van der Waals surface area contributed by atoms with Crippen molar-refractivity contribution in [2.75, 3.05) is 26.9 Å². The van der Waals surface area contributed by atoms with Crippen LogP contribution in [0.5, 0.6) is 0 Å². The van der Waals surface area contributed by atoms with Crippen LogP contribution < -0.4 is 0 Å². The summed E-state index contributed by atoms with van der Waals surface area (Å²) in [5, 5.41) is 9.05. The highest BCUT2D eigenvalue weighted by Crippen LogP contribution is 2.11. The van der Waals surface area contributed by atoms with Crippen LogP contribution in [0.3, 0.4) is 0 Å². The fourth-order valence-electron chi connectivity index (χ4n) is 1.18. The maximum Gasteiger partial charge on any atom is 0.106 e. The van der Waals surface area contributed by atoms with E-state index >= 15 is 0 Å². The number of ether oxygens (including phenoxy) is 2. The monoisotopic (exact) mass is 216 g/mol. The second-order valence-electron chi connectivity index (χ2n) is 3.93. The van der Waals surface area contributed by atoms with Gasteiger partial charge < -0.3 is 14.6 Å². The summed E-state index contributed by atoms with van der Waals surface area (Å²) in [5.41, 5.74) is -0.577. The zero-order valence-corrected chi connectivity index (χ0v) is 10.00. The first kappa shape index (κ1) is 14.6. The molecule has 1 N–H and O–H groups in total. The molecule has 3 nitrogen and oxygen atoms in total. The van der Waals surface area contributed by atoms with Crippen molar-refractivity contribution in [3.63, 3.8) is 0 Å². The summed E-state index contributed by atoms with van der Waals surface area (Å²) in [5.74, 6) is 0. The maximum absolute atomic E-state index is 9.05. The molecule has 0 aliphatic rings. The molecule has 0 radical (unpaired) electrons. The lowest BCUT2D eigenvalue weighted by Crippen LogP contribution is -2.30. The third-order valence-electron chi connectivity index (χ3n) is 2.42. The Bertz CT molecular complexity index is 159. The van der Waals surface area contributed by atoms with Crippen LogP contribution in [0, 0.1) is 0 Å². The van der Waals surface area contributed by atoms with Crippen molar-refractivity contribution >= 4 is 0 Å². The van der Waals surface area contributed by atoms with Gasteiger partial charge in [-0.05, 0) is 19.8 Å². The molecule has 0 saturated carbocycles. The average Bonchev–Trinajstić information content (AvgIpc) is 2.27. The van der Waals surface area contributed by atoms with Gasteiger partial charge in [0.15, 0.2) is 0 Å². The van der Waals surface area contributed by atoms with Crippen LogP contribution >= 0.6 is 0 Å². The summed E-state index contributed by atoms with van der Waals surface area (Å²) in [6.45, 7) is 6.98. The van der Waals surface area contributed by atoms with E-state index in [9.17, 15) is 0 Å². The Morgan fingerprint density at radius 1 is 1.20 bits per heavy atom. The molecule has 0 spiro atoms. The molecular formula is C12H24O3. The molecule has 0 heterocycles. The minimum atomic E-state index is -0.577. The van der Waals surface area contributed by atoms with Gasteiger partial charge in [-0.25, -0.2) is 0 Å². The van der Waals surface area contributed by atoms with Gasteiger partial charge in [-0.2, -0.15) is 0 Å². The molecule has 0 bridgehead atoms. The zero-order chi connectivity index (χ0) is 11.6. The quantitative estimate of drug-likeness (QED) is 0.449. The fraction of sp³-hybridized carbons (Fsp3) is 0.833. The van der Waals surface area contributed by atoms with E-state index in [1.54, 1.807) is 13.2 Å². The van der Waals surface area contributed by atoms with Crippen LogP contribution in [0.15, 0.2) is 12.7 Å². The van der Waals surface area contributed by atoms with Crippen molar-refractivity contribution in [2.45, 2.75) is 38.2 Å². The summed E-state index contributed by atoms with van der Waals surface area (Å²) in [7, 11) is 1.72. The van der Waals surface area contributed by atoms with Crippen LogP contribution in [0.1, 0.15) is 32.6 Å². The highest BCUT2D eigenvalue weighted by Gasteiger charge is 2.18. The van der Waals surface area contributed by atoms with E-state index in [-0.39, 0.29) is 6.61 Å². The van der Waals surface area contributed by atoms with Gasteiger partial charge in [-0.15, -0.1) is 6.58 Å². The van der Waals surface area contributed by atoms with Gasteiger partial charge >= 0.3 is 0 Å². The van der Waals surface area contributed by atoms with Crippen molar-refractivity contribution in [3.05, 3.63) is 12.7 Å². The standard InChI is InChI=1S/C12H24O3/c1-4-12(2,11-13)15-10-8-6-5-7-9-14-3/h4,13H,1,5-11H2,2-3H3. The van der Waals surface area contributed by atoms with Crippen molar-refractivity contribution in [3.8, 4) is 0 Å². The van der Waals surface area contributed by atoms with E-state index in [0.717, 1.165) is 25.9 Å². The molecule has 0 fully saturated rings. The normalized spacial score (nSPS) is 14.9. The van der Waals surface area contributed by atoms with Crippen LogP contribution in [-0.2, 0) is 9.47 Å². The fourth-order valence-corrected chi connectivity index (χ4v) is 1.18. The van der Waals surface area contributed by atoms with E-state index < -0.39 is 5.60 Å². The minimum Gasteiger partial charge on any atom is -0.393 e. The summed E-state index contributed by atoms with van der Waals surface area (Å²) < 4.78 is 10.5. The van der Waals surface area contributed by atoms with Crippen molar-refractivity contribution in [1.29, 1.82) is 0 Å². The topological polar surface area (TPSA) is 38.7 Å². The average molecular weight is 216 g/mol. The van der Waals surface area contributed by atoms with Crippen LogP contribution in [0.4, 0.5) is 0 Å². The molecule has 0 saturated heterocycles. The van der Waals surface area contributed by atoms with Crippen molar-refractivity contribution < 1.29 is 14.6 Å². The lowest BCUT2D eigenvalue weighted by Gasteiger charge is -2.23. The highest BCUT2D eigenvalue weighted by molar-refractivity contribution is 4.93. The van der Waals surface area contributed by atoms with E-state index in [0.29, 0.717) is 6.61 Å². The molecule has 15 heavy (non-hydrogen) atoms. The molecule has 0 aromatic heterocycles. The number of methoxy groups -OCH3 is 1. The number of unbranched alkanes of at least 4 members (excludes halogenated alkanes) is 3. The molecular weight excluding hydrogens is 192 g/mol. The molecule has 0 aromatic carbocycles. The number of hydrogen-bond donors (Lipinski definition) is 1. The highest BCUT2D eigenvalue weighted by atomic mass is 16.5. The predicted molar refractivity (Wildman–Crippen MR) is 62.0 cm³/mol. The summed E-state index contributed by atoms with van der Waals surface area (Å²) >= 11 is 0. The zero-order valence-electron chi connectivity index (χ0n) is 10.00. The van der Waals surface area contributed by atoms with Crippen LogP contribution in [-0.4, -0.2) is 37.6 Å². The Hall–Kier alpha value is -0.380.